The Morgan fingerprint density at radius 1 is 0.903 bits per heavy atom. The monoisotopic (exact) mass is 447 g/mol. The number of carbonyl (C=O) groups excluding carboxylic acids is 1. The molecule has 1 amide bonds. The molecule has 1 aliphatic rings. The first-order valence-corrected chi connectivity index (χ1v) is 11.5. The second-order valence-electron chi connectivity index (χ2n) is 7.78. The Labute approximate surface area is 186 Å². The number of carboxylic acids is 1. The quantitative estimate of drug-likeness (QED) is 0.327. The molecule has 0 bridgehead atoms. The SMILES string of the molecule is CCCCOCC1O[C@H](OCCCC)[C@@H](NC(C)=O)C(OCC(=O)O)[C@@H]1OCCCC. The van der Waals surface area contributed by atoms with Crippen molar-refractivity contribution < 1.29 is 38.4 Å². The third-order valence-electron chi connectivity index (χ3n) is 4.93. The molecule has 0 saturated carbocycles. The Bertz CT molecular complexity index is 504. The van der Waals surface area contributed by atoms with Gasteiger partial charge >= 0.3 is 5.97 Å². The molecule has 2 N–H and O–H groups in total. The number of unbranched alkanes of at least 4 members (excludes halogenated alkanes) is 3. The molecule has 0 aliphatic carbocycles. The molecule has 0 spiro atoms. The van der Waals surface area contributed by atoms with Gasteiger partial charge in [0.15, 0.2) is 6.29 Å². The van der Waals surface area contributed by atoms with E-state index in [1.165, 1.54) is 6.92 Å². The zero-order chi connectivity index (χ0) is 23.1. The fourth-order valence-electron chi connectivity index (χ4n) is 3.29. The van der Waals surface area contributed by atoms with Gasteiger partial charge in [-0.15, -0.1) is 0 Å². The number of hydrogen-bond donors (Lipinski definition) is 2. The number of carbonyl (C=O) groups is 2. The van der Waals surface area contributed by atoms with Crippen molar-refractivity contribution in [2.45, 2.75) is 96.9 Å². The second kappa shape index (κ2) is 16.4. The van der Waals surface area contributed by atoms with Crippen molar-refractivity contribution in [3.8, 4) is 0 Å². The maximum Gasteiger partial charge on any atom is 0.329 e. The van der Waals surface area contributed by atoms with E-state index in [0.717, 1.165) is 38.5 Å². The summed E-state index contributed by atoms with van der Waals surface area (Å²) in [5.41, 5.74) is 0. The Morgan fingerprint density at radius 2 is 1.52 bits per heavy atom. The van der Waals surface area contributed by atoms with Gasteiger partial charge in [-0.2, -0.15) is 0 Å². The van der Waals surface area contributed by atoms with E-state index < -0.39 is 43.2 Å². The summed E-state index contributed by atoms with van der Waals surface area (Å²) < 4.78 is 29.8. The summed E-state index contributed by atoms with van der Waals surface area (Å²) in [6.07, 6.45) is 2.86. The van der Waals surface area contributed by atoms with Gasteiger partial charge in [-0.05, 0) is 19.3 Å². The van der Waals surface area contributed by atoms with Crippen molar-refractivity contribution in [3.05, 3.63) is 0 Å². The Morgan fingerprint density at radius 3 is 2.10 bits per heavy atom. The highest BCUT2D eigenvalue weighted by Crippen LogP contribution is 2.28. The van der Waals surface area contributed by atoms with Gasteiger partial charge in [0.1, 0.15) is 31.0 Å². The highest BCUT2D eigenvalue weighted by Gasteiger charge is 2.48. The smallest absolute Gasteiger partial charge is 0.329 e. The number of hydrogen-bond acceptors (Lipinski definition) is 7. The van der Waals surface area contributed by atoms with Gasteiger partial charge in [0, 0.05) is 26.7 Å². The Kier molecular flexibility index (Phi) is 14.7. The van der Waals surface area contributed by atoms with Gasteiger partial charge in [0.05, 0.1) is 6.61 Å². The van der Waals surface area contributed by atoms with Crippen molar-refractivity contribution in [3.63, 3.8) is 0 Å². The summed E-state index contributed by atoms with van der Waals surface area (Å²) in [5, 5.41) is 12.0. The van der Waals surface area contributed by atoms with Crippen LogP contribution < -0.4 is 5.32 Å². The van der Waals surface area contributed by atoms with Crippen LogP contribution in [0.4, 0.5) is 0 Å². The maximum absolute atomic E-state index is 11.9. The number of rotatable bonds is 17. The van der Waals surface area contributed by atoms with Crippen LogP contribution in [0.5, 0.6) is 0 Å². The third kappa shape index (κ3) is 10.7. The van der Waals surface area contributed by atoms with Gasteiger partial charge in [0.2, 0.25) is 5.91 Å². The van der Waals surface area contributed by atoms with Crippen molar-refractivity contribution in [2.24, 2.45) is 0 Å². The highest BCUT2D eigenvalue weighted by atomic mass is 16.7. The molecule has 1 rings (SSSR count). The summed E-state index contributed by atoms with van der Waals surface area (Å²) in [6.45, 7) is 8.86. The number of amides is 1. The first kappa shape index (κ1) is 27.8. The van der Waals surface area contributed by atoms with Crippen molar-refractivity contribution in [1.82, 2.24) is 5.32 Å². The normalized spacial score (nSPS) is 26.0. The molecular weight excluding hydrogens is 406 g/mol. The number of ether oxygens (including phenoxy) is 5. The van der Waals surface area contributed by atoms with Crippen LogP contribution in [0.25, 0.3) is 0 Å². The summed E-state index contributed by atoms with van der Waals surface area (Å²) in [6, 6.07) is -0.702. The van der Waals surface area contributed by atoms with Gasteiger partial charge in [-0.3, -0.25) is 4.79 Å². The number of aliphatic carboxylic acids is 1. The molecule has 0 aromatic rings. The average Bonchev–Trinajstić information content (AvgIpc) is 2.72. The summed E-state index contributed by atoms with van der Waals surface area (Å²) in [4.78, 5) is 23.1. The molecule has 5 atom stereocenters. The number of nitrogens with one attached hydrogen (secondary N) is 1. The lowest BCUT2D eigenvalue weighted by atomic mass is 9.96. The zero-order valence-electron chi connectivity index (χ0n) is 19.5. The lowest BCUT2D eigenvalue weighted by Crippen LogP contribution is -2.66. The second-order valence-corrected chi connectivity index (χ2v) is 7.78. The average molecular weight is 448 g/mol. The van der Waals surface area contributed by atoms with E-state index >= 15 is 0 Å². The van der Waals surface area contributed by atoms with Crippen molar-refractivity contribution in [1.29, 1.82) is 0 Å². The molecular formula is C22H41NO8. The first-order chi connectivity index (χ1) is 14.9. The minimum absolute atomic E-state index is 0.268. The lowest BCUT2D eigenvalue weighted by Gasteiger charge is -2.46. The van der Waals surface area contributed by atoms with E-state index in [1.54, 1.807) is 0 Å². The zero-order valence-corrected chi connectivity index (χ0v) is 19.5. The molecule has 1 heterocycles. The van der Waals surface area contributed by atoms with Gasteiger partial charge in [-0.25, -0.2) is 4.79 Å². The van der Waals surface area contributed by atoms with Crippen LogP contribution in [0.1, 0.15) is 66.2 Å². The molecule has 1 aliphatic heterocycles. The lowest BCUT2D eigenvalue weighted by molar-refractivity contribution is -0.286. The molecule has 1 fully saturated rings. The fourth-order valence-corrected chi connectivity index (χ4v) is 3.29. The topological polar surface area (TPSA) is 113 Å². The summed E-state index contributed by atoms with van der Waals surface area (Å²) in [5.74, 6) is -1.38. The van der Waals surface area contributed by atoms with Crippen LogP contribution in [-0.2, 0) is 33.3 Å². The van der Waals surface area contributed by atoms with Crippen LogP contribution in [0.3, 0.4) is 0 Å². The van der Waals surface area contributed by atoms with E-state index in [-0.39, 0.29) is 12.5 Å². The minimum Gasteiger partial charge on any atom is -0.480 e. The Hall–Kier alpha value is -1.26. The van der Waals surface area contributed by atoms with Crippen molar-refractivity contribution >= 4 is 11.9 Å². The molecule has 1 saturated heterocycles. The van der Waals surface area contributed by atoms with Gasteiger partial charge in [-0.1, -0.05) is 40.0 Å². The molecule has 0 aromatic heterocycles. The van der Waals surface area contributed by atoms with E-state index in [1.807, 2.05) is 0 Å². The summed E-state index contributed by atoms with van der Waals surface area (Å²) >= 11 is 0. The molecule has 31 heavy (non-hydrogen) atoms. The minimum atomic E-state index is -1.10. The van der Waals surface area contributed by atoms with Gasteiger partial charge in [0.25, 0.3) is 0 Å². The Balaban J connectivity index is 3.10. The maximum atomic E-state index is 11.9. The predicted molar refractivity (Wildman–Crippen MR) is 115 cm³/mol. The van der Waals surface area contributed by atoms with Crippen molar-refractivity contribution in [2.75, 3.05) is 33.0 Å². The molecule has 182 valence electrons. The van der Waals surface area contributed by atoms with Crippen LogP contribution in [0, 0.1) is 0 Å². The molecule has 0 aromatic carbocycles. The summed E-state index contributed by atoms with van der Waals surface area (Å²) in [7, 11) is 0. The largest absolute Gasteiger partial charge is 0.480 e. The highest BCUT2D eigenvalue weighted by molar-refractivity contribution is 5.73. The van der Waals surface area contributed by atoms with Crippen LogP contribution >= 0.6 is 0 Å². The van der Waals surface area contributed by atoms with E-state index in [9.17, 15) is 14.7 Å². The molecule has 0 radical (unpaired) electrons. The van der Waals surface area contributed by atoms with Crippen LogP contribution in [0.2, 0.25) is 0 Å². The van der Waals surface area contributed by atoms with E-state index in [4.69, 9.17) is 23.7 Å². The van der Waals surface area contributed by atoms with Gasteiger partial charge < -0.3 is 34.1 Å². The molecule has 9 heteroatoms. The number of carboxylic acid groups (broad SMARTS) is 1. The van der Waals surface area contributed by atoms with E-state index in [2.05, 4.69) is 26.1 Å². The molecule has 2 unspecified atom stereocenters. The van der Waals surface area contributed by atoms with Crippen LogP contribution in [0.15, 0.2) is 0 Å². The first-order valence-electron chi connectivity index (χ1n) is 11.5. The predicted octanol–water partition coefficient (Wildman–Crippen LogP) is 2.50. The van der Waals surface area contributed by atoms with Crippen LogP contribution in [-0.4, -0.2) is 80.7 Å². The fraction of sp³-hybridized carbons (Fsp3) is 0.909. The standard InChI is InChI=1S/C22H41NO8/c1-5-8-11-27-14-17-20(28-12-9-6-2)21(30-15-18(25)26)19(23-16(4)24)22(31-17)29-13-10-7-3/h17,19-22H,5-15H2,1-4H3,(H,23,24)(H,25,26)/t17?,19-,20+,21?,22-/m0/s1. The molecule has 9 nitrogen and oxygen atoms in total. The third-order valence-corrected chi connectivity index (χ3v) is 4.93. The van der Waals surface area contributed by atoms with E-state index in [0.29, 0.717) is 19.8 Å².